The summed E-state index contributed by atoms with van der Waals surface area (Å²) < 4.78 is 13.4. The molecule has 0 saturated carbocycles. The van der Waals surface area contributed by atoms with Gasteiger partial charge in [-0.1, -0.05) is 0 Å². The van der Waals surface area contributed by atoms with Crippen LogP contribution in [0.25, 0.3) is 0 Å². The molecule has 0 bridgehead atoms. The number of aryl methyl sites for hydroxylation is 2. The topological polar surface area (TPSA) is 48.5 Å². The van der Waals surface area contributed by atoms with Crippen LogP contribution in [-0.4, -0.2) is 61.2 Å². The third-order valence-electron chi connectivity index (χ3n) is 5.28. The van der Waals surface area contributed by atoms with Gasteiger partial charge in [-0.25, -0.2) is 9.37 Å². The number of hydrogen-bond acceptors (Lipinski definition) is 4. The van der Waals surface area contributed by atoms with E-state index in [4.69, 9.17) is 0 Å². The normalized spacial score (nSPS) is 22.8. The zero-order chi connectivity index (χ0) is 17.3. The Morgan fingerprint density at radius 2 is 1.96 bits per heavy atom. The first-order valence-corrected chi connectivity index (χ1v) is 8.83. The molecule has 2 fully saturated rings. The van der Waals surface area contributed by atoms with E-state index in [1.54, 1.807) is 7.05 Å². The zero-order valence-electron chi connectivity index (χ0n) is 14.8. The number of pyridine rings is 1. The average molecular weight is 334 g/mol. The van der Waals surface area contributed by atoms with Gasteiger partial charge in [0, 0.05) is 39.3 Å². The second-order valence-corrected chi connectivity index (χ2v) is 6.94. The van der Waals surface area contributed by atoms with Gasteiger partial charge in [0.15, 0.2) is 0 Å². The van der Waals surface area contributed by atoms with Crippen molar-refractivity contribution in [2.24, 2.45) is 0 Å². The second-order valence-electron chi connectivity index (χ2n) is 6.94. The molecule has 1 N–H and O–H groups in total. The number of hydrogen-bond donors (Lipinski definition) is 1. The summed E-state index contributed by atoms with van der Waals surface area (Å²) in [5.41, 5.74) is 3.60. The highest BCUT2D eigenvalue weighted by molar-refractivity contribution is 5.92. The molecule has 2 aliphatic rings. The summed E-state index contributed by atoms with van der Waals surface area (Å²) in [5.74, 6) is -0.152. The molecule has 1 unspecified atom stereocenters. The highest BCUT2D eigenvalue weighted by Gasteiger charge is 2.31. The van der Waals surface area contributed by atoms with Crippen molar-refractivity contribution in [1.29, 1.82) is 0 Å². The summed E-state index contributed by atoms with van der Waals surface area (Å²) in [6.45, 7) is 7.42. The number of likely N-dealkylation sites (tertiary alicyclic amines) is 1. The van der Waals surface area contributed by atoms with Gasteiger partial charge < -0.3 is 10.2 Å². The largest absolute Gasteiger partial charge is 0.370 e. The molecule has 0 aliphatic carbocycles. The number of rotatable bonds is 3. The molecule has 0 aromatic carbocycles. The predicted molar refractivity (Wildman–Crippen MR) is 93.4 cm³/mol. The molecule has 3 heterocycles. The SMILES string of the molecule is CNC(=O)c1cc(C)c(N2CCC(N3CCC(F)C3)CC2)c(C)n1. The van der Waals surface area contributed by atoms with Crippen molar-refractivity contribution in [3.8, 4) is 0 Å². The molecule has 0 spiro atoms. The number of carbonyl (C=O) groups is 1. The lowest BCUT2D eigenvalue weighted by Gasteiger charge is -2.38. The Hall–Kier alpha value is -1.69. The fourth-order valence-corrected chi connectivity index (χ4v) is 4.08. The third kappa shape index (κ3) is 3.38. The number of piperidine rings is 1. The molecular formula is C18H27FN4O. The third-order valence-corrected chi connectivity index (χ3v) is 5.28. The monoisotopic (exact) mass is 334 g/mol. The molecule has 2 saturated heterocycles. The Kier molecular flexibility index (Phi) is 5.04. The van der Waals surface area contributed by atoms with Crippen LogP contribution in [0.3, 0.4) is 0 Å². The van der Waals surface area contributed by atoms with E-state index >= 15 is 0 Å². The van der Waals surface area contributed by atoms with Crippen LogP contribution in [0.2, 0.25) is 0 Å². The van der Waals surface area contributed by atoms with Crippen LogP contribution < -0.4 is 10.2 Å². The van der Waals surface area contributed by atoms with Gasteiger partial charge in [-0.05, 0) is 44.7 Å². The fourth-order valence-electron chi connectivity index (χ4n) is 4.08. The van der Waals surface area contributed by atoms with Crippen molar-refractivity contribution in [2.75, 3.05) is 38.1 Å². The molecule has 1 amide bonds. The van der Waals surface area contributed by atoms with E-state index in [-0.39, 0.29) is 5.91 Å². The number of aromatic nitrogens is 1. The Morgan fingerprint density at radius 3 is 2.50 bits per heavy atom. The second kappa shape index (κ2) is 7.05. The number of anilines is 1. The van der Waals surface area contributed by atoms with E-state index in [2.05, 4.69) is 20.1 Å². The number of nitrogens with zero attached hydrogens (tertiary/aromatic N) is 3. The molecule has 6 heteroatoms. The number of alkyl halides is 1. The van der Waals surface area contributed by atoms with Crippen molar-refractivity contribution >= 4 is 11.6 Å². The first kappa shape index (κ1) is 17.1. The molecule has 1 aromatic heterocycles. The number of halogens is 1. The van der Waals surface area contributed by atoms with E-state index in [1.807, 2.05) is 19.9 Å². The summed E-state index contributed by atoms with van der Waals surface area (Å²) in [6, 6.07) is 2.36. The van der Waals surface area contributed by atoms with E-state index in [0.29, 0.717) is 24.7 Å². The van der Waals surface area contributed by atoms with Crippen molar-refractivity contribution in [1.82, 2.24) is 15.2 Å². The van der Waals surface area contributed by atoms with Gasteiger partial charge in [-0.15, -0.1) is 0 Å². The predicted octanol–water partition coefficient (Wildman–Crippen LogP) is 2.07. The van der Waals surface area contributed by atoms with Crippen molar-refractivity contribution in [2.45, 2.75) is 45.3 Å². The maximum Gasteiger partial charge on any atom is 0.269 e. The van der Waals surface area contributed by atoms with Crippen LogP contribution in [0.5, 0.6) is 0 Å². The first-order chi connectivity index (χ1) is 11.5. The van der Waals surface area contributed by atoms with Gasteiger partial charge in [-0.3, -0.25) is 9.69 Å². The average Bonchev–Trinajstić information content (AvgIpc) is 3.00. The summed E-state index contributed by atoms with van der Waals surface area (Å²) in [5, 5.41) is 2.62. The molecule has 5 nitrogen and oxygen atoms in total. The van der Waals surface area contributed by atoms with Crippen molar-refractivity contribution < 1.29 is 9.18 Å². The Bertz CT molecular complexity index is 590. The summed E-state index contributed by atoms with van der Waals surface area (Å²) >= 11 is 0. The first-order valence-electron chi connectivity index (χ1n) is 8.83. The van der Waals surface area contributed by atoms with E-state index < -0.39 is 6.17 Å². The fraction of sp³-hybridized carbons (Fsp3) is 0.667. The van der Waals surface area contributed by atoms with Gasteiger partial charge in [0.1, 0.15) is 11.9 Å². The lowest BCUT2D eigenvalue weighted by Crippen LogP contribution is -2.44. The Morgan fingerprint density at radius 1 is 1.25 bits per heavy atom. The molecule has 1 atom stereocenters. The van der Waals surface area contributed by atoms with Gasteiger partial charge in [0.25, 0.3) is 5.91 Å². The maximum atomic E-state index is 13.4. The van der Waals surface area contributed by atoms with E-state index in [1.165, 1.54) is 0 Å². The smallest absolute Gasteiger partial charge is 0.269 e. The Balaban J connectivity index is 1.69. The minimum absolute atomic E-state index is 0.152. The summed E-state index contributed by atoms with van der Waals surface area (Å²) in [4.78, 5) is 21.0. The minimum Gasteiger partial charge on any atom is -0.370 e. The molecule has 24 heavy (non-hydrogen) atoms. The van der Waals surface area contributed by atoms with Crippen LogP contribution in [0.1, 0.15) is 41.0 Å². The van der Waals surface area contributed by atoms with Gasteiger partial charge >= 0.3 is 0 Å². The molecule has 132 valence electrons. The van der Waals surface area contributed by atoms with Crippen LogP contribution in [0, 0.1) is 13.8 Å². The summed E-state index contributed by atoms with van der Waals surface area (Å²) in [6.07, 6.45) is 2.16. The lowest BCUT2D eigenvalue weighted by molar-refractivity contribution is 0.0958. The zero-order valence-corrected chi connectivity index (χ0v) is 14.8. The number of carbonyl (C=O) groups excluding carboxylic acids is 1. The molecule has 1 aromatic rings. The molecule has 2 aliphatic heterocycles. The molecule has 3 rings (SSSR count). The number of amides is 1. The van der Waals surface area contributed by atoms with Crippen LogP contribution in [-0.2, 0) is 0 Å². The quantitative estimate of drug-likeness (QED) is 0.919. The van der Waals surface area contributed by atoms with Crippen LogP contribution in [0.4, 0.5) is 10.1 Å². The van der Waals surface area contributed by atoms with E-state index in [9.17, 15) is 9.18 Å². The highest BCUT2D eigenvalue weighted by Crippen LogP contribution is 2.29. The lowest BCUT2D eigenvalue weighted by atomic mass is 10.0. The van der Waals surface area contributed by atoms with Crippen LogP contribution >= 0.6 is 0 Å². The summed E-state index contributed by atoms with van der Waals surface area (Å²) in [7, 11) is 1.62. The van der Waals surface area contributed by atoms with Crippen molar-refractivity contribution in [3.63, 3.8) is 0 Å². The van der Waals surface area contributed by atoms with Gasteiger partial charge in [0.05, 0.1) is 11.4 Å². The number of nitrogens with one attached hydrogen (secondary N) is 1. The molecular weight excluding hydrogens is 307 g/mol. The van der Waals surface area contributed by atoms with Crippen LogP contribution in [0.15, 0.2) is 6.07 Å². The van der Waals surface area contributed by atoms with Gasteiger partial charge in [0.2, 0.25) is 0 Å². The Labute approximate surface area is 143 Å². The van der Waals surface area contributed by atoms with E-state index in [0.717, 1.165) is 49.4 Å². The maximum absolute atomic E-state index is 13.4. The molecule has 0 radical (unpaired) electrons. The highest BCUT2D eigenvalue weighted by atomic mass is 19.1. The standard InChI is InChI=1S/C18H27FN4O/c1-12-10-16(18(24)20-3)21-13(2)17(12)22-8-5-15(6-9-22)23-7-4-14(19)11-23/h10,14-15H,4-9,11H2,1-3H3,(H,20,24). The van der Waals surface area contributed by atoms with Gasteiger partial charge in [-0.2, -0.15) is 0 Å². The minimum atomic E-state index is -0.644. The van der Waals surface area contributed by atoms with Crippen molar-refractivity contribution in [3.05, 3.63) is 23.0 Å².